The maximum atomic E-state index is 11.5. The molecule has 0 saturated heterocycles. The summed E-state index contributed by atoms with van der Waals surface area (Å²) in [5.41, 5.74) is 5.60. The van der Waals surface area contributed by atoms with E-state index in [4.69, 9.17) is 5.73 Å². The average Bonchev–Trinajstić information content (AvgIpc) is 2.17. The van der Waals surface area contributed by atoms with Crippen LogP contribution in [0.25, 0.3) is 0 Å². The Morgan fingerprint density at radius 1 is 1.60 bits per heavy atom. The number of nitrogens with zero attached hydrogens (tertiary/aromatic N) is 1. The fourth-order valence-corrected chi connectivity index (χ4v) is 1.16. The Hall–Kier alpha value is -1.72. The standard InChI is InChI=1S/C9H17N5O/c1-4-5(2)12-7-6(11-3)8(15)14-9(10)13-7/h5,11H,4H2,1-3H3,(H4,10,12,13,14,15). The number of aromatic nitrogens is 2. The summed E-state index contributed by atoms with van der Waals surface area (Å²) in [5.74, 6) is 0.609. The van der Waals surface area contributed by atoms with E-state index >= 15 is 0 Å². The number of nitrogen functional groups attached to an aromatic ring is 1. The molecule has 1 atom stereocenters. The Bertz CT molecular complexity index is 387. The van der Waals surface area contributed by atoms with Crippen LogP contribution in [0, 0.1) is 0 Å². The maximum absolute atomic E-state index is 11.5. The lowest BCUT2D eigenvalue weighted by Gasteiger charge is -2.14. The van der Waals surface area contributed by atoms with E-state index in [2.05, 4.69) is 20.6 Å². The van der Waals surface area contributed by atoms with Gasteiger partial charge in [-0.25, -0.2) is 0 Å². The summed E-state index contributed by atoms with van der Waals surface area (Å²) in [6.45, 7) is 4.06. The van der Waals surface area contributed by atoms with Crippen molar-refractivity contribution in [2.75, 3.05) is 23.4 Å². The molecule has 0 fully saturated rings. The van der Waals surface area contributed by atoms with E-state index in [1.165, 1.54) is 0 Å². The van der Waals surface area contributed by atoms with Gasteiger partial charge in [0.1, 0.15) is 5.69 Å². The molecule has 6 heteroatoms. The lowest BCUT2D eigenvalue weighted by atomic mass is 10.2. The predicted octanol–water partition coefficient (Wildman–Crippen LogP) is 0.604. The van der Waals surface area contributed by atoms with Crippen LogP contribution in [0.2, 0.25) is 0 Å². The quantitative estimate of drug-likeness (QED) is 0.585. The molecule has 6 nitrogen and oxygen atoms in total. The molecule has 5 N–H and O–H groups in total. The van der Waals surface area contributed by atoms with Crippen molar-refractivity contribution in [3.8, 4) is 0 Å². The zero-order valence-electron chi connectivity index (χ0n) is 9.22. The zero-order valence-corrected chi connectivity index (χ0v) is 9.22. The molecule has 1 unspecified atom stereocenters. The van der Waals surface area contributed by atoms with Crippen molar-refractivity contribution in [3.63, 3.8) is 0 Å². The van der Waals surface area contributed by atoms with Gasteiger partial charge in [0.2, 0.25) is 5.95 Å². The molecule has 0 spiro atoms. The van der Waals surface area contributed by atoms with Gasteiger partial charge in [0.05, 0.1) is 0 Å². The Labute approximate surface area is 88.3 Å². The normalized spacial score (nSPS) is 12.2. The molecular weight excluding hydrogens is 194 g/mol. The Morgan fingerprint density at radius 3 is 2.80 bits per heavy atom. The van der Waals surface area contributed by atoms with Gasteiger partial charge in [-0.2, -0.15) is 4.98 Å². The third kappa shape index (κ3) is 2.61. The summed E-state index contributed by atoms with van der Waals surface area (Å²) < 4.78 is 0. The van der Waals surface area contributed by atoms with Crippen molar-refractivity contribution in [1.82, 2.24) is 9.97 Å². The molecular formula is C9H17N5O. The SMILES string of the molecule is CCC(C)Nc1nc(N)[nH]c(=O)c1NC. The first-order valence-corrected chi connectivity index (χ1v) is 4.92. The number of nitrogens with one attached hydrogen (secondary N) is 3. The minimum Gasteiger partial charge on any atom is -0.381 e. The monoisotopic (exact) mass is 211 g/mol. The lowest BCUT2D eigenvalue weighted by Crippen LogP contribution is -2.22. The highest BCUT2D eigenvalue weighted by Crippen LogP contribution is 2.15. The van der Waals surface area contributed by atoms with E-state index in [9.17, 15) is 4.79 Å². The number of aromatic amines is 1. The van der Waals surface area contributed by atoms with Crippen LogP contribution in [-0.2, 0) is 0 Å². The van der Waals surface area contributed by atoms with Gasteiger partial charge in [0, 0.05) is 13.1 Å². The first kappa shape index (κ1) is 11.4. The van der Waals surface area contributed by atoms with E-state index in [1.54, 1.807) is 7.05 Å². The van der Waals surface area contributed by atoms with Gasteiger partial charge in [-0.3, -0.25) is 9.78 Å². The fourth-order valence-electron chi connectivity index (χ4n) is 1.16. The number of hydrogen-bond donors (Lipinski definition) is 4. The minimum atomic E-state index is -0.268. The summed E-state index contributed by atoms with van der Waals surface area (Å²) in [6, 6.07) is 0.241. The summed E-state index contributed by atoms with van der Waals surface area (Å²) >= 11 is 0. The predicted molar refractivity (Wildman–Crippen MR) is 62.2 cm³/mol. The van der Waals surface area contributed by atoms with Crippen LogP contribution in [0.3, 0.4) is 0 Å². The molecule has 1 aromatic heterocycles. The average molecular weight is 211 g/mol. The van der Waals surface area contributed by atoms with Crippen molar-refractivity contribution < 1.29 is 0 Å². The van der Waals surface area contributed by atoms with Gasteiger partial charge >= 0.3 is 0 Å². The van der Waals surface area contributed by atoms with Gasteiger partial charge in [0.15, 0.2) is 5.82 Å². The second-order valence-corrected chi connectivity index (χ2v) is 3.38. The summed E-state index contributed by atoms with van der Waals surface area (Å²) in [7, 11) is 1.67. The zero-order chi connectivity index (χ0) is 11.4. The van der Waals surface area contributed by atoms with E-state index < -0.39 is 0 Å². The molecule has 84 valence electrons. The maximum Gasteiger partial charge on any atom is 0.277 e. The first-order valence-electron chi connectivity index (χ1n) is 4.92. The van der Waals surface area contributed by atoms with Gasteiger partial charge in [0.25, 0.3) is 5.56 Å². The molecule has 0 saturated carbocycles. The van der Waals surface area contributed by atoms with Gasteiger partial charge in [-0.1, -0.05) is 6.92 Å². The first-order chi connectivity index (χ1) is 7.08. The second-order valence-electron chi connectivity index (χ2n) is 3.38. The van der Waals surface area contributed by atoms with E-state index in [0.29, 0.717) is 11.5 Å². The van der Waals surface area contributed by atoms with Gasteiger partial charge in [-0.05, 0) is 13.3 Å². The topological polar surface area (TPSA) is 95.8 Å². The highest BCUT2D eigenvalue weighted by atomic mass is 16.1. The van der Waals surface area contributed by atoms with Crippen molar-refractivity contribution in [2.24, 2.45) is 0 Å². The number of nitrogens with two attached hydrogens (primary N) is 1. The molecule has 0 aliphatic carbocycles. The van der Waals surface area contributed by atoms with Crippen molar-refractivity contribution in [2.45, 2.75) is 26.3 Å². The molecule has 0 amide bonds. The van der Waals surface area contributed by atoms with Crippen LogP contribution >= 0.6 is 0 Å². The molecule has 0 aliphatic rings. The van der Waals surface area contributed by atoms with Crippen LogP contribution in [0.5, 0.6) is 0 Å². The molecule has 0 radical (unpaired) electrons. The highest BCUT2D eigenvalue weighted by Gasteiger charge is 2.10. The third-order valence-corrected chi connectivity index (χ3v) is 2.18. The number of anilines is 3. The lowest BCUT2D eigenvalue weighted by molar-refractivity contribution is 0.759. The molecule has 15 heavy (non-hydrogen) atoms. The van der Waals surface area contributed by atoms with Crippen LogP contribution < -0.4 is 21.9 Å². The molecule has 0 bridgehead atoms. The molecule has 1 heterocycles. The van der Waals surface area contributed by atoms with E-state index in [-0.39, 0.29) is 17.5 Å². The Balaban J connectivity index is 3.09. The van der Waals surface area contributed by atoms with Gasteiger partial charge < -0.3 is 16.4 Å². The summed E-state index contributed by atoms with van der Waals surface area (Å²) in [6.07, 6.45) is 0.942. The smallest absolute Gasteiger partial charge is 0.277 e. The Kier molecular flexibility index (Phi) is 3.54. The molecule has 1 rings (SSSR count). The van der Waals surface area contributed by atoms with E-state index in [0.717, 1.165) is 6.42 Å². The van der Waals surface area contributed by atoms with Gasteiger partial charge in [-0.15, -0.1) is 0 Å². The Morgan fingerprint density at radius 2 is 2.27 bits per heavy atom. The highest BCUT2D eigenvalue weighted by molar-refractivity contribution is 5.64. The fraction of sp³-hybridized carbons (Fsp3) is 0.556. The minimum absolute atomic E-state index is 0.116. The summed E-state index contributed by atoms with van der Waals surface area (Å²) in [4.78, 5) is 18.0. The second kappa shape index (κ2) is 4.68. The molecule has 0 aliphatic heterocycles. The number of rotatable bonds is 4. The molecule has 0 aromatic carbocycles. The largest absolute Gasteiger partial charge is 0.381 e. The van der Waals surface area contributed by atoms with Crippen LogP contribution in [0.1, 0.15) is 20.3 Å². The number of H-pyrrole nitrogens is 1. The van der Waals surface area contributed by atoms with Crippen LogP contribution in [0.4, 0.5) is 17.5 Å². The van der Waals surface area contributed by atoms with Crippen LogP contribution in [-0.4, -0.2) is 23.1 Å². The van der Waals surface area contributed by atoms with E-state index in [1.807, 2.05) is 13.8 Å². The van der Waals surface area contributed by atoms with Crippen LogP contribution in [0.15, 0.2) is 4.79 Å². The van der Waals surface area contributed by atoms with Crippen molar-refractivity contribution >= 4 is 17.5 Å². The number of hydrogen-bond acceptors (Lipinski definition) is 5. The summed E-state index contributed by atoms with van der Waals surface area (Å²) in [5, 5.41) is 5.92. The molecule has 1 aromatic rings. The third-order valence-electron chi connectivity index (χ3n) is 2.18. The van der Waals surface area contributed by atoms with Crippen molar-refractivity contribution in [1.29, 1.82) is 0 Å². The van der Waals surface area contributed by atoms with Crippen molar-refractivity contribution in [3.05, 3.63) is 10.4 Å².